The number of aryl methyl sites for hydroxylation is 1. The number of pyridine rings is 1. The normalized spacial score (nSPS) is 16.9. The molecule has 2 aromatic carbocycles. The first-order chi connectivity index (χ1) is 23.8. The average molecular weight is 776 g/mol. The van der Waals surface area contributed by atoms with Crippen molar-refractivity contribution in [2.45, 2.75) is 38.4 Å². The number of piperidine rings is 1. The third-order valence-electron chi connectivity index (χ3n) is 9.30. The molecule has 2 fully saturated rings. The summed E-state index contributed by atoms with van der Waals surface area (Å²) in [4.78, 5) is 20.8. The number of piperazine rings is 1. The monoisotopic (exact) mass is 774 g/mol. The summed E-state index contributed by atoms with van der Waals surface area (Å²) in [5, 5.41) is 8.92. The Morgan fingerprint density at radius 3 is 2.38 bits per heavy atom. The molecule has 0 spiro atoms. The van der Waals surface area contributed by atoms with Crippen LogP contribution in [0.15, 0.2) is 53.1 Å². The van der Waals surface area contributed by atoms with Crippen molar-refractivity contribution in [1.82, 2.24) is 24.8 Å². The Morgan fingerprint density at radius 2 is 1.70 bits per heavy atom. The number of rotatable bonds is 10. The maximum Gasteiger partial charge on any atom is 0.422 e. The Morgan fingerprint density at radius 1 is 0.980 bits per heavy atom. The van der Waals surface area contributed by atoms with Crippen LogP contribution in [0.4, 0.5) is 42.1 Å². The maximum absolute atomic E-state index is 13.5. The minimum atomic E-state index is -4.55. The summed E-state index contributed by atoms with van der Waals surface area (Å²) in [6, 6.07) is 13.8. The van der Waals surface area contributed by atoms with Crippen LogP contribution in [0.1, 0.15) is 25.3 Å². The number of halogens is 4. The fourth-order valence-electron chi connectivity index (χ4n) is 6.74. The molecule has 0 amide bonds. The van der Waals surface area contributed by atoms with Crippen molar-refractivity contribution in [3.05, 3.63) is 58.7 Å². The summed E-state index contributed by atoms with van der Waals surface area (Å²) >= 11 is 3.51. The summed E-state index contributed by atoms with van der Waals surface area (Å²) < 4.78 is 59.6. The number of ether oxygens (including phenoxy) is 1. The van der Waals surface area contributed by atoms with E-state index in [0.717, 1.165) is 68.4 Å². The number of hydrogen-bond donors (Lipinski definition) is 2. The van der Waals surface area contributed by atoms with Gasteiger partial charge in [-0.25, -0.2) is 4.98 Å². The molecule has 4 aromatic rings. The van der Waals surface area contributed by atoms with Crippen molar-refractivity contribution < 1.29 is 22.5 Å². The third kappa shape index (κ3) is 8.53. The Hall–Kier alpha value is -3.45. The minimum Gasteiger partial charge on any atom is -0.466 e. The molecule has 0 atom stereocenters. The summed E-state index contributed by atoms with van der Waals surface area (Å²) in [5.74, 6) is 0.967. The zero-order valence-electron chi connectivity index (χ0n) is 28.7. The van der Waals surface area contributed by atoms with Gasteiger partial charge < -0.3 is 29.7 Å². The predicted octanol–water partition coefficient (Wildman–Crippen LogP) is 7.24. The first-order valence-corrected chi connectivity index (χ1v) is 20.2. The number of alkyl halides is 3. The quantitative estimate of drug-likeness (QED) is 0.161. The van der Waals surface area contributed by atoms with Crippen LogP contribution in [0, 0.1) is 0 Å². The van der Waals surface area contributed by atoms with Crippen molar-refractivity contribution in [1.29, 1.82) is 0 Å². The van der Waals surface area contributed by atoms with Crippen molar-refractivity contribution in [3.63, 3.8) is 0 Å². The molecule has 6 rings (SSSR count). The lowest BCUT2D eigenvalue weighted by Gasteiger charge is -2.42. The van der Waals surface area contributed by atoms with E-state index in [0.29, 0.717) is 39.6 Å². The van der Waals surface area contributed by atoms with E-state index in [1.807, 2.05) is 43.3 Å². The van der Waals surface area contributed by atoms with Gasteiger partial charge in [0, 0.05) is 56.8 Å². The molecule has 0 bridgehead atoms. The molecule has 0 unspecified atom stereocenters. The molecule has 4 heterocycles. The van der Waals surface area contributed by atoms with Gasteiger partial charge in [-0.2, -0.15) is 23.1 Å². The van der Waals surface area contributed by atoms with E-state index in [1.54, 1.807) is 25.6 Å². The Bertz CT molecular complexity index is 1880. The lowest BCUT2D eigenvalue weighted by Crippen LogP contribution is -2.52. The van der Waals surface area contributed by atoms with E-state index in [1.165, 1.54) is 0 Å². The minimum absolute atomic E-state index is 0.121. The van der Waals surface area contributed by atoms with E-state index >= 15 is 0 Å². The number of nitrogens with one attached hydrogen (secondary N) is 2. The van der Waals surface area contributed by atoms with Crippen LogP contribution in [0.3, 0.4) is 0 Å². The van der Waals surface area contributed by atoms with Gasteiger partial charge in [-0.05, 0) is 84.0 Å². The van der Waals surface area contributed by atoms with Gasteiger partial charge in [-0.3, -0.25) is 4.90 Å². The van der Waals surface area contributed by atoms with Crippen LogP contribution in [-0.2, 0) is 11.0 Å². The molecule has 268 valence electrons. The van der Waals surface area contributed by atoms with Crippen LogP contribution in [-0.4, -0.2) is 103 Å². The highest BCUT2D eigenvalue weighted by molar-refractivity contribution is 9.10. The van der Waals surface area contributed by atoms with Gasteiger partial charge in [0.25, 0.3) is 0 Å². The van der Waals surface area contributed by atoms with Crippen molar-refractivity contribution >= 4 is 68.1 Å². The van der Waals surface area contributed by atoms with Gasteiger partial charge >= 0.3 is 6.18 Å². The Labute approximate surface area is 299 Å². The zero-order chi connectivity index (χ0) is 35.6. The zero-order valence-corrected chi connectivity index (χ0v) is 31.2. The first kappa shape index (κ1) is 36.3. The molecule has 15 heteroatoms. The average Bonchev–Trinajstić information content (AvgIpc) is 3.08. The smallest absolute Gasteiger partial charge is 0.422 e. The number of anilines is 5. The molecule has 0 aliphatic carbocycles. The molecule has 0 radical (unpaired) electrons. The molecule has 2 saturated heterocycles. The SMILES string of the molecule is CCc1cc(Nc2ncc(Br)c(Nc3ccc4ccccc4c3P(C)(C)=O)n2)c(OCC(F)(F)F)nc1N1CCC(N2CCN(C)CC2)CC1. The van der Waals surface area contributed by atoms with Gasteiger partial charge in [0.2, 0.25) is 11.8 Å². The lowest BCUT2D eigenvalue weighted by molar-refractivity contribution is -0.153. The Balaban J connectivity index is 1.28. The molecule has 2 aliphatic heterocycles. The third-order valence-corrected chi connectivity index (χ3v) is 11.4. The topological polar surface area (TPSA) is 98.7 Å². The largest absolute Gasteiger partial charge is 0.466 e. The van der Waals surface area contributed by atoms with Crippen molar-refractivity contribution in [2.75, 3.05) is 81.8 Å². The molecular weight excluding hydrogens is 732 g/mol. The lowest BCUT2D eigenvalue weighted by atomic mass is 10.0. The van der Waals surface area contributed by atoms with Crippen molar-refractivity contribution in [2.24, 2.45) is 0 Å². The summed E-state index contributed by atoms with van der Waals surface area (Å²) in [6.45, 7) is 9.68. The molecule has 50 heavy (non-hydrogen) atoms. The maximum atomic E-state index is 13.5. The van der Waals surface area contributed by atoms with Gasteiger partial charge in [-0.1, -0.05) is 37.3 Å². The van der Waals surface area contributed by atoms with Crippen LogP contribution < -0.4 is 25.6 Å². The number of fused-ring (bicyclic) bond motifs is 1. The van der Waals surface area contributed by atoms with E-state index in [2.05, 4.69) is 58.3 Å². The van der Waals surface area contributed by atoms with Gasteiger partial charge in [0.15, 0.2) is 6.61 Å². The molecule has 0 saturated carbocycles. The number of likely N-dealkylation sites (N-methyl/N-ethyl adjacent to an activating group) is 1. The standard InChI is InChI=1S/C35H43BrF3N8O2P/c1-5-23-20-29(33(49-22-35(37,38)39)44-32(23)47-14-12-25(13-15-47)46-18-16-45(2)17-19-46)42-34-40-21-27(36)31(43-34)41-28-11-10-24-8-6-7-9-26(24)30(28)50(3,4)48/h6-11,20-21,25H,5,12-19,22H2,1-4H3,(H2,40,41,42,43). The van der Waals surface area contributed by atoms with E-state index in [4.69, 9.17) is 9.72 Å². The first-order valence-electron chi connectivity index (χ1n) is 16.8. The summed E-state index contributed by atoms with van der Waals surface area (Å²) in [5.41, 5.74) is 1.74. The number of benzene rings is 2. The Kier molecular flexibility index (Phi) is 10.9. The van der Waals surface area contributed by atoms with E-state index in [9.17, 15) is 17.7 Å². The number of nitrogens with zero attached hydrogens (tertiary/aromatic N) is 6. The van der Waals surface area contributed by atoms with E-state index < -0.39 is 19.9 Å². The summed E-state index contributed by atoms with van der Waals surface area (Å²) in [7, 11) is -0.603. The van der Waals surface area contributed by atoms with E-state index in [-0.39, 0.29) is 17.5 Å². The fraction of sp³-hybridized carbons (Fsp3) is 0.457. The summed E-state index contributed by atoms with van der Waals surface area (Å²) in [6.07, 6.45) is -0.481. The number of aromatic nitrogens is 3. The van der Waals surface area contributed by atoms with Gasteiger partial charge in [0.1, 0.15) is 24.5 Å². The second-order valence-electron chi connectivity index (χ2n) is 13.3. The highest BCUT2D eigenvalue weighted by atomic mass is 79.9. The van der Waals surface area contributed by atoms with Crippen LogP contribution >= 0.6 is 23.1 Å². The second kappa shape index (κ2) is 15.0. The molecular formula is C35H43BrF3N8O2P. The predicted molar refractivity (Wildman–Crippen MR) is 199 cm³/mol. The van der Waals surface area contributed by atoms with Crippen LogP contribution in [0.2, 0.25) is 0 Å². The van der Waals surface area contributed by atoms with Gasteiger partial charge in [0.05, 0.1) is 10.2 Å². The van der Waals surface area contributed by atoms with Crippen LogP contribution in [0.5, 0.6) is 5.88 Å². The highest BCUT2D eigenvalue weighted by Crippen LogP contribution is 2.42. The molecule has 10 nitrogen and oxygen atoms in total. The molecule has 2 aromatic heterocycles. The van der Waals surface area contributed by atoms with Gasteiger partial charge in [-0.15, -0.1) is 0 Å². The molecule has 2 aliphatic rings. The molecule has 2 N–H and O–H groups in total. The number of hydrogen-bond acceptors (Lipinski definition) is 10. The van der Waals surface area contributed by atoms with Crippen LogP contribution in [0.25, 0.3) is 10.8 Å². The fourth-order valence-corrected chi connectivity index (χ4v) is 8.53. The highest BCUT2D eigenvalue weighted by Gasteiger charge is 2.32. The second-order valence-corrected chi connectivity index (χ2v) is 17.3. The van der Waals surface area contributed by atoms with Crippen molar-refractivity contribution in [3.8, 4) is 5.88 Å².